The van der Waals surface area contributed by atoms with Crippen LogP contribution in [-0.4, -0.2) is 6.54 Å². The van der Waals surface area contributed by atoms with E-state index >= 15 is 0 Å². The van der Waals surface area contributed by atoms with Gasteiger partial charge in [-0.1, -0.05) is 49.9 Å². The van der Waals surface area contributed by atoms with Crippen molar-refractivity contribution in [3.05, 3.63) is 59.2 Å². The number of aryl methyl sites for hydroxylation is 2. The molecule has 1 nitrogen and oxygen atoms in total. The van der Waals surface area contributed by atoms with Crippen molar-refractivity contribution in [2.24, 2.45) is 0 Å². The van der Waals surface area contributed by atoms with Gasteiger partial charge in [0.2, 0.25) is 0 Å². The maximum Gasteiger partial charge on any atom is 0.0317 e. The van der Waals surface area contributed by atoms with Gasteiger partial charge in [0.1, 0.15) is 0 Å². The quantitative estimate of drug-likeness (QED) is 0.754. The van der Waals surface area contributed by atoms with Gasteiger partial charge < -0.3 is 5.32 Å². The van der Waals surface area contributed by atoms with E-state index in [4.69, 9.17) is 0 Å². The summed E-state index contributed by atoms with van der Waals surface area (Å²) in [5, 5.41) is 3.53. The van der Waals surface area contributed by atoms with Gasteiger partial charge in [0.05, 0.1) is 0 Å². The highest BCUT2D eigenvalue weighted by Crippen LogP contribution is 2.31. The molecule has 2 rings (SSSR count). The molecule has 1 N–H and O–H groups in total. The molecule has 112 valence electrons. The van der Waals surface area contributed by atoms with Crippen molar-refractivity contribution >= 4 is 11.8 Å². The second-order valence-corrected chi connectivity index (χ2v) is 6.57. The number of rotatable bonds is 6. The van der Waals surface area contributed by atoms with Gasteiger partial charge in [-0.3, -0.25) is 0 Å². The lowest BCUT2D eigenvalue weighted by Gasteiger charge is -2.16. The van der Waals surface area contributed by atoms with Crippen molar-refractivity contribution in [2.45, 2.75) is 49.9 Å². The topological polar surface area (TPSA) is 12.0 Å². The minimum atomic E-state index is 0.467. The van der Waals surface area contributed by atoms with Gasteiger partial charge >= 0.3 is 0 Å². The highest BCUT2D eigenvalue weighted by molar-refractivity contribution is 7.99. The minimum absolute atomic E-state index is 0.467. The Labute approximate surface area is 133 Å². The van der Waals surface area contributed by atoms with E-state index in [1.807, 2.05) is 11.8 Å². The molecule has 2 heteroatoms. The first-order chi connectivity index (χ1) is 10.1. The minimum Gasteiger partial charge on any atom is -0.310 e. The molecule has 0 aromatic heterocycles. The number of hydrogen-bond donors (Lipinski definition) is 1. The third-order valence-corrected chi connectivity index (χ3v) is 4.88. The van der Waals surface area contributed by atoms with Crippen molar-refractivity contribution in [3.63, 3.8) is 0 Å². The van der Waals surface area contributed by atoms with Gasteiger partial charge in [-0.25, -0.2) is 0 Å². The molecule has 0 aliphatic carbocycles. The lowest BCUT2D eigenvalue weighted by Crippen LogP contribution is -2.19. The molecule has 0 radical (unpaired) electrons. The summed E-state index contributed by atoms with van der Waals surface area (Å²) in [5.41, 5.74) is 4.04. The van der Waals surface area contributed by atoms with E-state index in [2.05, 4.69) is 75.5 Å². The Morgan fingerprint density at radius 1 is 1.00 bits per heavy atom. The molecular formula is C19H25NS. The summed E-state index contributed by atoms with van der Waals surface area (Å²) in [7, 11) is 0. The van der Waals surface area contributed by atoms with E-state index in [0.717, 1.165) is 13.0 Å². The Balaban J connectivity index is 2.13. The molecule has 0 aliphatic heterocycles. The standard InChI is InChI=1S/C19H25NS/c1-5-18(20-6-2)16-9-11-17(12-10-16)21-19-13-14(3)7-8-15(19)4/h7-13,18,20H,5-6H2,1-4H3. The van der Waals surface area contributed by atoms with Crippen molar-refractivity contribution in [2.75, 3.05) is 6.54 Å². The van der Waals surface area contributed by atoms with Crippen LogP contribution in [0.1, 0.15) is 43.0 Å². The van der Waals surface area contributed by atoms with Crippen LogP contribution in [0, 0.1) is 13.8 Å². The van der Waals surface area contributed by atoms with Crippen LogP contribution >= 0.6 is 11.8 Å². The van der Waals surface area contributed by atoms with E-state index < -0.39 is 0 Å². The van der Waals surface area contributed by atoms with Crippen LogP contribution in [0.3, 0.4) is 0 Å². The third kappa shape index (κ3) is 4.36. The molecule has 2 aromatic carbocycles. The maximum atomic E-state index is 3.53. The normalized spacial score (nSPS) is 12.4. The third-order valence-electron chi connectivity index (χ3n) is 3.71. The zero-order chi connectivity index (χ0) is 15.2. The molecule has 0 saturated carbocycles. The Morgan fingerprint density at radius 2 is 1.71 bits per heavy atom. The summed E-state index contributed by atoms with van der Waals surface area (Å²) in [5.74, 6) is 0. The first-order valence-electron chi connectivity index (χ1n) is 7.72. The molecule has 0 fully saturated rings. The highest BCUT2D eigenvalue weighted by Gasteiger charge is 2.08. The lowest BCUT2D eigenvalue weighted by molar-refractivity contribution is 0.537. The summed E-state index contributed by atoms with van der Waals surface area (Å²) in [6, 6.07) is 16.1. The van der Waals surface area contributed by atoms with Crippen molar-refractivity contribution in [3.8, 4) is 0 Å². The molecule has 0 spiro atoms. The van der Waals surface area contributed by atoms with Crippen LogP contribution < -0.4 is 5.32 Å². The average Bonchev–Trinajstić information content (AvgIpc) is 2.49. The fraction of sp³-hybridized carbons (Fsp3) is 0.368. The average molecular weight is 299 g/mol. The first kappa shape index (κ1) is 16.1. The van der Waals surface area contributed by atoms with Gasteiger partial charge in [0.25, 0.3) is 0 Å². The molecule has 0 amide bonds. The Bertz CT molecular complexity index is 575. The molecule has 0 heterocycles. The van der Waals surface area contributed by atoms with Crippen molar-refractivity contribution in [1.82, 2.24) is 5.32 Å². The van der Waals surface area contributed by atoms with Crippen LogP contribution in [0.25, 0.3) is 0 Å². The van der Waals surface area contributed by atoms with Gasteiger partial charge in [-0.2, -0.15) is 0 Å². The SMILES string of the molecule is CCNC(CC)c1ccc(Sc2cc(C)ccc2C)cc1. The monoisotopic (exact) mass is 299 g/mol. The zero-order valence-corrected chi connectivity index (χ0v) is 14.3. The van der Waals surface area contributed by atoms with Crippen LogP contribution in [0.5, 0.6) is 0 Å². The lowest BCUT2D eigenvalue weighted by atomic mass is 10.1. The summed E-state index contributed by atoms with van der Waals surface area (Å²) in [6.07, 6.45) is 1.12. The molecule has 0 bridgehead atoms. The number of nitrogens with one attached hydrogen (secondary N) is 1. The zero-order valence-electron chi connectivity index (χ0n) is 13.4. The van der Waals surface area contributed by atoms with E-state index in [1.165, 1.54) is 26.5 Å². The Hall–Kier alpha value is -1.25. The Kier molecular flexibility index (Phi) is 5.89. The largest absolute Gasteiger partial charge is 0.310 e. The van der Waals surface area contributed by atoms with Crippen molar-refractivity contribution < 1.29 is 0 Å². The molecule has 1 unspecified atom stereocenters. The molecule has 0 aliphatic rings. The van der Waals surface area contributed by atoms with E-state index in [-0.39, 0.29) is 0 Å². The molecule has 21 heavy (non-hydrogen) atoms. The second kappa shape index (κ2) is 7.67. The first-order valence-corrected chi connectivity index (χ1v) is 8.54. The van der Waals surface area contributed by atoms with Gasteiger partial charge in [0, 0.05) is 15.8 Å². The van der Waals surface area contributed by atoms with E-state index in [9.17, 15) is 0 Å². The van der Waals surface area contributed by atoms with Crippen molar-refractivity contribution in [1.29, 1.82) is 0 Å². The highest BCUT2D eigenvalue weighted by atomic mass is 32.2. The Morgan fingerprint density at radius 3 is 2.33 bits per heavy atom. The van der Waals surface area contributed by atoms with Gasteiger partial charge in [-0.05, 0) is 61.7 Å². The summed E-state index contributed by atoms with van der Waals surface area (Å²) < 4.78 is 0. The summed E-state index contributed by atoms with van der Waals surface area (Å²) in [4.78, 5) is 2.65. The number of benzene rings is 2. The maximum absolute atomic E-state index is 3.53. The van der Waals surface area contributed by atoms with Gasteiger partial charge in [-0.15, -0.1) is 0 Å². The molecule has 0 saturated heterocycles. The molecule has 1 atom stereocenters. The van der Waals surface area contributed by atoms with Crippen LogP contribution in [0.4, 0.5) is 0 Å². The summed E-state index contributed by atoms with van der Waals surface area (Å²) >= 11 is 1.85. The smallest absolute Gasteiger partial charge is 0.0317 e. The predicted octanol–water partition coefficient (Wildman–Crippen LogP) is 5.52. The fourth-order valence-electron chi connectivity index (χ4n) is 2.46. The predicted molar refractivity (Wildman–Crippen MR) is 93.2 cm³/mol. The number of hydrogen-bond acceptors (Lipinski definition) is 2. The molecule has 2 aromatic rings. The van der Waals surface area contributed by atoms with Crippen LogP contribution in [0.2, 0.25) is 0 Å². The van der Waals surface area contributed by atoms with Gasteiger partial charge in [0.15, 0.2) is 0 Å². The molecular weight excluding hydrogens is 274 g/mol. The van der Waals surface area contributed by atoms with E-state index in [0.29, 0.717) is 6.04 Å². The van der Waals surface area contributed by atoms with E-state index in [1.54, 1.807) is 0 Å². The van der Waals surface area contributed by atoms with Crippen LogP contribution in [0.15, 0.2) is 52.3 Å². The summed E-state index contributed by atoms with van der Waals surface area (Å²) in [6.45, 7) is 9.72. The van der Waals surface area contributed by atoms with Crippen LogP contribution in [-0.2, 0) is 0 Å². The second-order valence-electron chi connectivity index (χ2n) is 5.46. The fourth-order valence-corrected chi connectivity index (χ4v) is 3.46.